The van der Waals surface area contributed by atoms with E-state index >= 15 is 0 Å². The van der Waals surface area contributed by atoms with Crippen LogP contribution in [0.15, 0.2) is 49.2 Å². The Bertz CT molecular complexity index is 648. The van der Waals surface area contributed by atoms with Gasteiger partial charge in [-0.2, -0.15) is 0 Å². The summed E-state index contributed by atoms with van der Waals surface area (Å²) in [6, 6.07) is 6.88. The van der Waals surface area contributed by atoms with Crippen molar-refractivity contribution in [3.63, 3.8) is 0 Å². The minimum atomic E-state index is 0.343. The number of hydrazine groups is 1. The van der Waals surface area contributed by atoms with Crippen molar-refractivity contribution in [3.05, 3.63) is 54.8 Å². The van der Waals surface area contributed by atoms with E-state index in [1.807, 2.05) is 25.4 Å². The predicted octanol–water partition coefficient (Wildman–Crippen LogP) is 4.52. The van der Waals surface area contributed by atoms with Gasteiger partial charge in [-0.3, -0.25) is 5.01 Å². The first-order chi connectivity index (χ1) is 11.0. The maximum Gasteiger partial charge on any atom is 0.115 e. The summed E-state index contributed by atoms with van der Waals surface area (Å²) in [5.41, 5.74) is 8.09. The molecule has 0 aliphatic carbocycles. The van der Waals surface area contributed by atoms with Crippen LogP contribution in [0.2, 0.25) is 0 Å². The molecular formula is C19H26N4. The molecule has 2 rings (SSSR count). The summed E-state index contributed by atoms with van der Waals surface area (Å²) in [6.07, 6.45) is 9.34. The summed E-state index contributed by atoms with van der Waals surface area (Å²) in [7, 11) is 0. The van der Waals surface area contributed by atoms with Crippen molar-refractivity contribution in [1.82, 2.24) is 15.4 Å². The monoisotopic (exact) mass is 310 g/mol. The molecule has 1 aromatic heterocycles. The van der Waals surface area contributed by atoms with Gasteiger partial charge in [-0.05, 0) is 43.9 Å². The predicted molar refractivity (Wildman–Crippen MR) is 97.1 cm³/mol. The van der Waals surface area contributed by atoms with E-state index in [0.717, 1.165) is 16.8 Å². The van der Waals surface area contributed by atoms with Crippen molar-refractivity contribution in [3.8, 4) is 11.1 Å². The van der Waals surface area contributed by atoms with E-state index < -0.39 is 0 Å². The zero-order valence-corrected chi connectivity index (χ0v) is 14.6. The Morgan fingerprint density at radius 1 is 1.04 bits per heavy atom. The standard InChI is InChI=1S/C19H26N4/c1-6-9-23(22-15(4)5)19-10-16(7-8-18(19)14(2)3)17-11-20-13-21-12-17/h6-15,22H,1-5H3/b9-6-. The fourth-order valence-corrected chi connectivity index (χ4v) is 2.49. The van der Waals surface area contributed by atoms with Crippen LogP contribution >= 0.6 is 0 Å². The van der Waals surface area contributed by atoms with E-state index in [1.165, 1.54) is 5.56 Å². The molecule has 23 heavy (non-hydrogen) atoms. The summed E-state index contributed by atoms with van der Waals surface area (Å²) >= 11 is 0. The smallest absolute Gasteiger partial charge is 0.115 e. The van der Waals surface area contributed by atoms with Crippen molar-refractivity contribution in [2.75, 3.05) is 5.01 Å². The maximum atomic E-state index is 4.12. The molecular weight excluding hydrogens is 284 g/mol. The van der Waals surface area contributed by atoms with E-state index in [1.54, 1.807) is 6.33 Å². The highest BCUT2D eigenvalue weighted by Gasteiger charge is 2.14. The average Bonchev–Trinajstić information content (AvgIpc) is 2.54. The van der Waals surface area contributed by atoms with Crippen LogP contribution in [0.1, 0.15) is 46.1 Å². The van der Waals surface area contributed by atoms with Crippen LogP contribution in [-0.2, 0) is 0 Å². The number of benzene rings is 1. The highest BCUT2D eigenvalue weighted by Crippen LogP contribution is 2.32. The summed E-state index contributed by atoms with van der Waals surface area (Å²) in [4.78, 5) is 8.25. The lowest BCUT2D eigenvalue weighted by molar-refractivity contribution is 0.593. The molecule has 0 fully saturated rings. The first-order valence-corrected chi connectivity index (χ1v) is 8.10. The van der Waals surface area contributed by atoms with Gasteiger partial charge in [0, 0.05) is 30.2 Å². The van der Waals surface area contributed by atoms with E-state index in [0.29, 0.717) is 12.0 Å². The molecule has 0 aliphatic rings. The summed E-state index contributed by atoms with van der Waals surface area (Å²) in [5, 5.41) is 2.10. The number of hydrogen-bond donors (Lipinski definition) is 1. The zero-order chi connectivity index (χ0) is 16.8. The zero-order valence-electron chi connectivity index (χ0n) is 14.6. The molecule has 0 saturated heterocycles. The van der Waals surface area contributed by atoms with Crippen molar-refractivity contribution < 1.29 is 0 Å². The molecule has 0 bridgehead atoms. The Morgan fingerprint density at radius 2 is 1.74 bits per heavy atom. The Morgan fingerprint density at radius 3 is 2.30 bits per heavy atom. The first kappa shape index (κ1) is 17.2. The molecule has 1 heterocycles. The number of anilines is 1. The highest BCUT2D eigenvalue weighted by molar-refractivity contribution is 5.70. The van der Waals surface area contributed by atoms with Gasteiger partial charge in [0.25, 0.3) is 0 Å². The second-order valence-corrected chi connectivity index (χ2v) is 6.19. The maximum absolute atomic E-state index is 4.12. The van der Waals surface area contributed by atoms with Crippen LogP contribution in [0.25, 0.3) is 11.1 Å². The van der Waals surface area contributed by atoms with Crippen LogP contribution in [0.3, 0.4) is 0 Å². The Kier molecular flexibility index (Phi) is 5.88. The van der Waals surface area contributed by atoms with Gasteiger partial charge in [-0.1, -0.05) is 32.1 Å². The van der Waals surface area contributed by atoms with Gasteiger partial charge in [0.1, 0.15) is 6.33 Å². The normalized spacial score (nSPS) is 11.6. The minimum absolute atomic E-state index is 0.343. The number of allylic oxidation sites excluding steroid dienone is 1. The van der Waals surface area contributed by atoms with Crippen LogP contribution in [-0.4, -0.2) is 16.0 Å². The SMILES string of the molecule is C/C=C\N(NC(C)C)c1cc(-c2cncnc2)ccc1C(C)C. The fraction of sp³-hybridized carbons (Fsp3) is 0.368. The van der Waals surface area contributed by atoms with Crippen LogP contribution in [0.5, 0.6) is 0 Å². The number of hydrogen-bond acceptors (Lipinski definition) is 4. The molecule has 0 saturated carbocycles. The number of nitrogens with one attached hydrogen (secondary N) is 1. The molecule has 4 heteroatoms. The van der Waals surface area contributed by atoms with Gasteiger partial charge >= 0.3 is 0 Å². The van der Waals surface area contributed by atoms with E-state index in [2.05, 4.69) is 72.5 Å². The fourth-order valence-electron chi connectivity index (χ4n) is 2.49. The van der Waals surface area contributed by atoms with Crippen LogP contribution < -0.4 is 10.4 Å². The first-order valence-electron chi connectivity index (χ1n) is 8.10. The molecule has 0 unspecified atom stereocenters. The highest BCUT2D eigenvalue weighted by atomic mass is 15.5. The Balaban J connectivity index is 2.52. The minimum Gasteiger partial charge on any atom is -0.284 e. The quantitative estimate of drug-likeness (QED) is 0.796. The lowest BCUT2D eigenvalue weighted by Crippen LogP contribution is -2.39. The van der Waals surface area contributed by atoms with Crippen LogP contribution in [0.4, 0.5) is 5.69 Å². The molecule has 122 valence electrons. The Labute approximate surface area is 139 Å². The average molecular weight is 310 g/mol. The molecule has 1 aromatic carbocycles. The van der Waals surface area contributed by atoms with E-state index in [-0.39, 0.29) is 0 Å². The molecule has 0 aliphatic heterocycles. The van der Waals surface area contributed by atoms with E-state index in [9.17, 15) is 0 Å². The largest absolute Gasteiger partial charge is 0.284 e. The van der Waals surface area contributed by atoms with E-state index in [4.69, 9.17) is 0 Å². The van der Waals surface area contributed by atoms with Gasteiger partial charge in [-0.25, -0.2) is 15.4 Å². The summed E-state index contributed by atoms with van der Waals surface area (Å²) < 4.78 is 0. The number of aromatic nitrogens is 2. The van der Waals surface area contributed by atoms with Crippen LogP contribution in [0, 0.1) is 0 Å². The molecule has 1 N–H and O–H groups in total. The van der Waals surface area contributed by atoms with Gasteiger partial charge in [0.05, 0.1) is 5.69 Å². The lowest BCUT2D eigenvalue weighted by Gasteiger charge is -2.28. The third-order valence-corrected chi connectivity index (χ3v) is 3.50. The topological polar surface area (TPSA) is 41.0 Å². The Hall–Kier alpha value is -2.20. The van der Waals surface area contributed by atoms with Gasteiger partial charge in [0.2, 0.25) is 0 Å². The molecule has 0 amide bonds. The molecule has 0 radical (unpaired) electrons. The third kappa shape index (κ3) is 4.39. The lowest BCUT2D eigenvalue weighted by atomic mass is 9.97. The van der Waals surface area contributed by atoms with Crippen molar-refractivity contribution in [2.45, 2.75) is 46.6 Å². The molecule has 4 nitrogen and oxygen atoms in total. The number of nitrogens with zero attached hydrogens (tertiary/aromatic N) is 3. The molecule has 2 aromatic rings. The van der Waals surface area contributed by atoms with Crippen molar-refractivity contribution >= 4 is 5.69 Å². The van der Waals surface area contributed by atoms with Crippen molar-refractivity contribution in [2.24, 2.45) is 0 Å². The summed E-state index contributed by atoms with van der Waals surface area (Å²) in [6.45, 7) is 10.7. The van der Waals surface area contributed by atoms with Gasteiger partial charge in [-0.15, -0.1) is 0 Å². The second kappa shape index (κ2) is 7.88. The van der Waals surface area contributed by atoms with Crippen molar-refractivity contribution in [1.29, 1.82) is 0 Å². The third-order valence-electron chi connectivity index (χ3n) is 3.50. The molecule has 0 atom stereocenters. The second-order valence-electron chi connectivity index (χ2n) is 6.19. The number of rotatable bonds is 6. The molecule has 0 spiro atoms. The summed E-state index contributed by atoms with van der Waals surface area (Å²) in [5.74, 6) is 0.438. The van der Waals surface area contributed by atoms with Gasteiger partial charge < -0.3 is 0 Å². The van der Waals surface area contributed by atoms with Gasteiger partial charge in [0.15, 0.2) is 0 Å².